The average molecular weight is 505 g/mol. The molecule has 0 unspecified atom stereocenters. The van der Waals surface area contributed by atoms with Crippen LogP contribution in [0.15, 0.2) is 55.1 Å². The Morgan fingerprint density at radius 1 is 1.03 bits per heavy atom. The van der Waals surface area contributed by atoms with Crippen molar-refractivity contribution in [2.45, 2.75) is 37.5 Å². The summed E-state index contributed by atoms with van der Waals surface area (Å²) < 4.78 is 3.66. The summed E-state index contributed by atoms with van der Waals surface area (Å²) in [6, 6.07) is 12.1. The number of nitrogens with two attached hydrogens (primary N) is 1. The third-order valence-electron chi connectivity index (χ3n) is 7.30. The number of aliphatic hydroxyl groups is 2. The summed E-state index contributed by atoms with van der Waals surface area (Å²) in [4.78, 5) is 8.65. The van der Waals surface area contributed by atoms with E-state index in [4.69, 9.17) is 5.73 Å². The molecular weight excluding hydrogens is 468 g/mol. The first-order valence-corrected chi connectivity index (χ1v) is 13.0. The van der Waals surface area contributed by atoms with Crippen LogP contribution in [0.3, 0.4) is 0 Å². The van der Waals surface area contributed by atoms with Gasteiger partial charge in [-0.3, -0.25) is 4.68 Å². The molecule has 4 atom stereocenters. The topological polar surface area (TPSA) is 139 Å². The van der Waals surface area contributed by atoms with Gasteiger partial charge >= 0.3 is 0 Å². The SMILES string of the molecule is Cn1ccc(-c2cn([C@@H]3C[C@H](CNCCCNCCc4ccccc4)[C@@H](O)[C@H]3O)c3ncnc(N)c23)n1. The predicted octanol–water partition coefficient (Wildman–Crippen LogP) is 1.51. The minimum atomic E-state index is -0.908. The smallest absolute Gasteiger partial charge is 0.146 e. The van der Waals surface area contributed by atoms with Crippen molar-refractivity contribution in [2.24, 2.45) is 13.0 Å². The van der Waals surface area contributed by atoms with E-state index in [1.165, 1.54) is 11.9 Å². The Bertz CT molecular complexity index is 1300. The Kier molecular flexibility index (Phi) is 7.80. The Hall–Kier alpha value is -3.31. The first-order chi connectivity index (χ1) is 18.0. The maximum atomic E-state index is 11.0. The summed E-state index contributed by atoms with van der Waals surface area (Å²) in [5, 5.41) is 34.0. The number of anilines is 1. The van der Waals surface area contributed by atoms with Crippen LogP contribution >= 0.6 is 0 Å². The van der Waals surface area contributed by atoms with Gasteiger partial charge in [-0.05, 0) is 50.5 Å². The van der Waals surface area contributed by atoms with Crippen molar-refractivity contribution >= 4 is 16.9 Å². The molecule has 10 heteroatoms. The van der Waals surface area contributed by atoms with E-state index in [0.717, 1.165) is 43.7 Å². The normalized spacial score (nSPS) is 21.7. The van der Waals surface area contributed by atoms with Crippen molar-refractivity contribution in [3.8, 4) is 11.3 Å². The number of hydrogen-bond donors (Lipinski definition) is 5. The van der Waals surface area contributed by atoms with Gasteiger partial charge in [-0.2, -0.15) is 5.10 Å². The van der Waals surface area contributed by atoms with E-state index in [2.05, 4.69) is 50.0 Å². The zero-order valence-corrected chi connectivity index (χ0v) is 21.2. The molecule has 37 heavy (non-hydrogen) atoms. The minimum absolute atomic E-state index is 0.0685. The molecule has 6 N–H and O–H groups in total. The summed E-state index contributed by atoms with van der Waals surface area (Å²) in [6.07, 6.45) is 6.14. The summed E-state index contributed by atoms with van der Waals surface area (Å²) in [6.45, 7) is 3.38. The highest BCUT2D eigenvalue weighted by Crippen LogP contribution is 2.40. The number of aromatic nitrogens is 5. The fourth-order valence-corrected chi connectivity index (χ4v) is 5.32. The second kappa shape index (κ2) is 11.4. The van der Waals surface area contributed by atoms with E-state index in [9.17, 15) is 10.2 Å². The molecule has 1 saturated carbocycles. The molecule has 0 amide bonds. The Morgan fingerprint density at radius 3 is 2.62 bits per heavy atom. The number of aryl methyl sites for hydroxylation is 1. The van der Waals surface area contributed by atoms with Crippen LogP contribution in [0.25, 0.3) is 22.3 Å². The molecule has 0 aliphatic heterocycles. The molecule has 1 aliphatic carbocycles. The first-order valence-electron chi connectivity index (χ1n) is 13.0. The fourth-order valence-electron chi connectivity index (χ4n) is 5.32. The van der Waals surface area contributed by atoms with Crippen molar-refractivity contribution in [1.82, 2.24) is 34.9 Å². The molecule has 0 spiro atoms. The maximum absolute atomic E-state index is 11.0. The van der Waals surface area contributed by atoms with Gasteiger partial charge in [-0.15, -0.1) is 0 Å². The van der Waals surface area contributed by atoms with E-state index >= 15 is 0 Å². The third kappa shape index (κ3) is 5.52. The maximum Gasteiger partial charge on any atom is 0.146 e. The van der Waals surface area contributed by atoms with E-state index in [0.29, 0.717) is 29.8 Å². The zero-order valence-electron chi connectivity index (χ0n) is 21.2. The number of aliphatic hydroxyl groups excluding tert-OH is 2. The second-order valence-corrected chi connectivity index (χ2v) is 9.87. The highest BCUT2D eigenvalue weighted by atomic mass is 16.3. The van der Waals surface area contributed by atoms with Crippen LogP contribution in [-0.2, 0) is 13.5 Å². The van der Waals surface area contributed by atoms with Crippen molar-refractivity contribution < 1.29 is 10.2 Å². The molecule has 3 aromatic heterocycles. The molecule has 4 aromatic rings. The van der Waals surface area contributed by atoms with Crippen molar-refractivity contribution in [1.29, 1.82) is 0 Å². The van der Waals surface area contributed by atoms with Gasteiger partial charge in [0.15, 0.2) is 0 Å². The van der Waals surface area contributed by atoms with E-state index < -0.39 is 12.2 Å². The summed E-state index contributed by atoms with van der Waals surface area (Å²) in [5.74, 6) is 0.300. The molecule has 1 fully saturated rings. The molecule has 5 rings (SSSR count). The van der Waals surface area contributed by atoms with Gasteiger partial charge in [0, 0.05) is 37.5 Å². The highest BCUT2D eigenvalue weighted by molar-refractivity contribution is 5.99. The van der Waals surface area contributed by atoms with Crippen LogP contribution in [0.5, 0.6) is 0 Å². The van der Waals surface area contributed by atoms with Crippen molar-refractivity contribution in [3.63, 3.8) is 0 Å². The highest BCUT2D eigenvalue weighted by Gasteiger charge is 2.43. The van der Waals surface area contributed by atoms with Crippen molar-refractivity contribution in [3.05, 3.63) is 60.7 Å². The molecular formula is C27H36N8O2. The third-order valence-corrected chi connectivity index (χ3v) is 7.30. The number of hydrogen-bond acceptors (Lipinski definition) is 8. The van der Waals surface area contributed by atoms with E-state index in [1.54, 1.807) is 4.68 Å². The van der Waals surface area contributed by atoms with Crippen molar-refractivity contribution in [2.75, 3.05) is 31.9 Å². The monoisotopic (exact) mass is 504 g/mol. The number of nitrogens with one attached hydrogen (secondary N) is 2. The van der Waals surface area contributed by atoms with Gasteiger partial charge in [0.05, 0.1) is 23.2 Å². The summed E-state index contributed by atoms with van der Waals surface area (Å²) in [5.41, 5.74) is 9.79. The first kappa shape index (κ1) is 25.3. The number of benzene rings is 1. The van der Waals surface area contributed by atoms with E-state index in [-0.39, 0.29) is 12.0 Å². The van der Waals surface area contributed by atoms with Gasteiger partial charge in [-0.1, -0.05) is 30.3 Å². The van der Waals surface area contributed by atoms with Crippen LogP contribution in [0.1, 0.15) is 24.4 Å². The second-order valence-electron chi connectivity index (χ2n) is 9.87. The molecule has 0 saturated heterocycles. The lowest BCUT2D eigenvalue weighted by Gasteiger charge is -2.19. The fraction of sp³-hybridized carbons (Fsp3) is 0.444. The lowest BCUT2D eigenvalue weighted by atomic mass is 10.1. The van der Waals surface area contributed by atoms with Crippen LogP contribution in [0.4, 0.5) is 5.82 Å². The molecule has 1 aromatic carbocycles. The van der Waals surface area contributed by atoms with Crippen LogP contribution in [0, 0.1) is 5.92 Å². The average Bonchev–Trinajstić information content (AvgIpc) is 3.58. The summed E-state index contributed by atoms with van der Waals surface area (Å²) >= 11 is 0. The molecule has 196 valence electrons. The standard InChI is InChI=1S/C27H36N8O2/c1-34-13-9-21(33-34)20-16-35(27-23(20)26(28)31-17-32-27)22-14-19(24(36)25(22)37)15-30-11-5-10-29-12-8-18-6-3-2-4-7-18/h2-4,6-7,9,13,16-17,19,22,24-25,29-30,36-37H,5,8,10-12,14-15H2,1H3,(H2,28,31,32)/t19-,22-,24-,25+/m1/s1. The zero-order chi connectivity index (χ0) is 25.8. The Balaban J connectivity index is 1.17. The van der Waals surface area contributed by atoms with E-state index in [1.807, 2.05) is 36.1 Å². The molecule has 0 bridgehead atoms. The van der Waals surface area contributed by atoms with Crippen LogP contribution in [0.2, 0.25) is 0 Å². The predicted molar refractivity (Wildman–Crippen MR) is 144 cm³/mol. The quantitative estimate of drug-likeness (QED) is 0.194. The Labute approximate surface area is 216 Å². The lowest BCUT2D eigenvalue weighted by Crippen LogP contribution is -2.34. The molecule has 10 nitrogen and oxygen atoms in total. The van der Waals surface area contributed by atoms with Gasteiger partial charge < -0.3 is 31.1 Å². The van der Waals surface area contributed by atoms with Gasteiger partial charge in [0.2, 0.25) is 0 Å². The lowest BCUT2D eigenvalue weighted by molar-refractivity contribution is 0.00695. The van der Waals surface area contributed by atoms with Crippen LogP contribution in [-0.4, -0.2) is 72.9 Å². The Morgan fingerprint density at radius 2 is 1.84 bits per heavy atom. The van der Waals surface area contributed by atoms with Crippen LogP contribution < -0.4 is 16.4 Å². The number of nitrogens with zero attached hydrogens (tertiary/aromatic N) is 5. The van der Waals surface area contributed by atoms with Gasteiger partial charge in [0.25, 0.3) is 0 Å². The number of fused-ring (bicyclic) bond motifs is 1. The molecule has 3 heterocycles. The minimum Gasteiger partial charge on any atom is -0.390 e. The molecule has 1 aliphatic rings. The molecule has 0 radical (unpaired) electrons. The largest absolute Gasteiger partial charge is 0.390 e. The van der Waals surface area contributed by atoms with Gasteiger partial charge in [-0.25, -0.2) is 9.97 Å². The number of nitrogen functional groups attached to an aromatic ring is 1. The number of rotatable bonds is 11. The summed E-state index contributed by atoms with van der Waals surface area (Å²) in [7, 11) is 1.86. The van der Waals surface area contributed by atoms with Gasteiger partial charge in [0.1, 0.15) is 23.9 Å².